The molecule has 8 heteroatoms. The molecule has 0 fully saturated rings. The van der Waals surface area contributed by atoms with Crippen LogP contribution < -0.4 is 5.56 Å². The minimum absolute atomic E-state index is 0.00748. The Morgan fingerprint density at radius 2 is 2.35 bits per heavy atom. The van der Waals surface area contributed by atoms with E-state index >= 15 is 0 Å². The van der Waals surface area contributed by atoms with E-state index in [0.717, 1.165) is 11.8 Å². The van der Waals surface area contributed by atoms with E-state index < -0.39 is 11.5 Å². The van der Waals surface area contributed by atoms with Gasteiger partial charge in [-0.1, -0.05) is 23.4 Å². The number of hydrogen-bond donors (Lipinski definition) is 1. The topological polar surface area (TPSA) is 89.1 Å². The van der Waals surface area contributed by atoms with Crippen LogP contribution in [0.25, 0.3) is 0 Å². The summed E-state index contributed by atoms with van der Waals surface area (Å²) in [6, 6.07) is 0. The van der Waals surface area contributed by atoms with Crippen molar-refractivity contribution in [1.29, 1.82) is 0 Å². The number of ether oxygens (including phenoxy) is 1. The summed E-state index contributed by atoms with van der Waals surface area (Å²) in [5.74, 6) is -0.413. The summed E-state index contributed by atoms with van der Waals surface area (Å²) >= 11 is 6.59. The average molecular weight is 277 g/mol. The van der Waals surface area contributed by atoms with Crippen molar-refractivity contribution in [3.8, 4) is 0 Å². The number of carbonyl (C=O) groups is 2. The number of nitrogens with zero attached hydrogens (tertiary/aromatic N) is 1. The third kappa shape index (κ3) is 3.86. The number of nitrogens with one attached hydrogen (secondary N) is 1. The van der Waals surface area contributed by atoms with Gasteiger partial charge in [0.15, 0.2) is 11.4 Å². The van der Waals surface area contributed by atoms with Gasteiger partial charge in [0.25, 0.3) is 5.56 Å². The highest BCUT2D eigenvalue weighted by molar-refractivity contribution is 7.99. The van der Waals surface area contributed by atoms with Crippen LogP contribution in [0.4, 0.5) is 0 Å². The van der Waals surface area contributed by atoms with Crippen LogP contribution in [0, 0.1) is 0 Å². The van der Waals surface area contributed by atoms with Crippen molar-refractivity contribution in [2.24, 2.45) is 0 Å². The lowest BCUT2D eigenvalue weighted by atomic mass is 10.4. The van der Waals surface area contributed by atoms with Crippen molar-refractivity contribution in [1.82, 2.24) is 9.97 Å². The molecule has 0 spiro atoms. The summed E-state index contributed by atoms with van der Waals surface area (Å²) < 4.78 is 4.70. The van der Waals surface area contributed by atoms with Crippen molar-refractivity contribution in [3.05, 3.63) is 21.1 Å². The highest BCUT2D eigenvalue weighted by atomic mass is 35.5. The van der Waals surface area contributed by atoms with Crippen LogP contribution in [-0.2, 0) is 9.53 Å². The summed E-state index contributed by atoms with van der Waals surface area (Å²) in [6.45, 7) is 1.98. The van der Waals surface area contributed by atoms with Crippen LogP contribution in [0.15, 0.2) is 9.95 Å². The number of H-pyrrole nitrogens is 1. The lowest BCUT2D eigenvalue weighted by Gasteiger charge is -2.02. The minimum Gasteiger partial charge on any atom is -0.465 e. The maximum atomic E-state index is 11.3. The molecule has 17 heavy (non-hydrogen) atoms. The van der Waals surface area contributed by atoms with E-state index in [1.54, 1.807) is 6.92 Å². The first-order valence-electron chi connectivity index (χ1n) is 4.62. The van der Waals surface area contributed by atoms with Crippen LogP contribution in [0.2, 0.25) is 5.15 Å². The van der Waals surface area contributed by atoms with E-state index in [0.29, 0.717) is 6.29 Å². The smallest absolute Gasteiger partial charge is 0.316 e. The summed E-state index contributed by atoms with van der Waals surface area (Å²) in [6.07, 6.45) is 0.327. The van der Waals surface area contributed by atoms with Crippen molar-refractivity contribution in [2.75, 3.05) is 12.4 Å². The molecule has 1 aromatic heterocycles. The fraction of sp³-hybridized carbons (Fsp3) is 0.333. The molecule has 92 valence electrons. The zero-order valence-corrected chi connectivity index (χ0v) is 10.4. The summed E-state index contributed by atoms with van der Waals surface area (Å²) in [4.78, 5) is 39.0. The fourth-order valence-corrected chi connectivity index (χ4v) is 1.86. The van der Waals surface area contributed by atoms with Crippen molar-refractivity contribution in [3.63, 3.8) is 0 Å². The molecular formula is C9H9ClN2O4S. The zero-order valence-electron chi connectivity index (χ0n) is 8.86. The maximum absolute atomic E-state index is 11.3. The van der Waals surface area contributed by atoms with E-state index in [1.165, 1.54) is 0 Å². The molecule has 0 amide bonds. The lowest BCUT2D eigenvalue weighted by molar-refractivity contribution is -0.139. The Bertz CT molecular complexity index is 488. The van der Waals surface area contributed by atoms with Gasteiger partial charge in [0.2, 0.25) is 0 Å². The van der Waals surface area contributed by atoms with E-state index in [4.69, 9.17) is 16.3 Å². The highest BCUT2D eigenvalue weighted by Crippen LogP contribution is 2.15. The second-order valence-corrected chi connectivity index (χ2v) is 4.11. The Kier molecular flexibility index (Phi) is 5.17. The molecule has 0 aliphatic carbocycles. The molecule has 0 radical (unpaired) electrons. The molecule has 1 heterocycles. The molecule has 0 saturated heterocycles. The standard InChI is InChI=1S/C9H9ClN2O4S/c1-2-16-6(14)4-17-9-11-7(10)5(3-13)8(15)12-9/h3H,2,4H2,1H3,(H,11,12,15). The summed E-state index contributed by atoms with van der Waals surface area (Å²) in [5, 5.41) is -0.0197. The number of esters is 1. The maximum Gasteiger partial charge on any atom is 0.316 e. The molecule has 0 atom stereocenters. The monoisotopic (exact) mass is 276 g/mol. The van der Waals surface area contributed by atoms with Gasteiger partial charge >= 0.3 is 5.97 Å². The Labute approximate surface area is 106 Å². The van der Waals surface area contributed by atoms with Gasteiger partial charge in [-0.25, -0.2) is 4.98 Å². The van der Waals surface area contributed by atoms with Gasteiger partial charge in [-0.3, -0.25) is 14.4 Å². The number of thioether (sulfide) groups is 1. The molecule has 0 saturated carbocycles. The molecule has 0 aliphatic heterocycles. The molecule has 1 rings (SSSR count). The molecule has 1 N–H and O–H groups in total. The SMILES string of the molecule is CCOC(=O)CSc1nc(Cl)c(C=O)c(=O)[nH]1. The van der Waals surface area contributed by atoms with Crippen LogP contribution in [0.3, 0.4) is 0 Å². The first-order chi connectivity index (χ1) is 8.08. The third-order valence-corrected chi connectivity index (χ3v) is 2.77. The van der Waals surface area contributed by atoms with E-state index in [9.17, 15) is 14.4 Å². The summed E-state index contributed by atoms with van der Waals surface area (Å²) in [5.41, 5.74) is -0.862. The second-order valence-electron chi connectivity index (χ2n) is 2.79. The Morgan fingerprint density at radius 3 is 2.88 bits per heavy atom. The molecular weight excluding hydrogens is 268 g/mol. The van der Waals surface area contributed by atoms with E-state index in [2.05, 4.69) is 9.97 Å². The predicted octanol–water partition coefficient (Wildman–Crippen LogP) is 0.891. The van der Waals surface area contributed by atoms with Crippen LogP contribution in [0.5, 0.6) is 0 Å². The number of halogens is 1. The van der Waals surface area contributed by atoms with Gasteiger partial charge in [-0.05, 0) is 6.92 Å². The van der Waals surface area contributed by atoms with Crippen LogP contribution in [0.1, 0.15) is 17.3 Å². The number of hydrogen-bond acceptors (Lipinski definition) is 6. The number of aromatic nitrogens is 2. The van der Waals surface area contributed by atoms with E-state index in [-0.39, 0.29) is 28.2 Å². The van der Waals surface area contributed by atoms with Crippen LogP contribution in [-0.4, -0.2) is 34.6 Å². The Hall–Kier alpha value is -1.34. The fourth-order valence-electron chi connectivity index (χ4n) is 0.936. The van der Waals surface area contributed by atoms with Crippen molar-refractivity contribution in [2.45, 2.75) is 12.1 Å². The van der Waals surface area contributed by atoms with Crippen LogP contribution >= 0.6 is 23.4 Å². The number of rotatable bonds is 5. The number of carbonyl (C=O) groups excluding carboxylic acids is 2. The zero-order chi connectivity index (χ0) is 12.8. The Morgan fingerprint density at radius 1 is 1.65 bits per heavy atom. The lowest BCUT2D eigenvalue weighted by Crippen LogP contribution is -2.16. The largest absolute Gasteiger partial charge is 0.465 e. The highest BCUT2D eigenvalue weighted by Gasteiger charge is 2.10. The van der Waals surface area contributed by atoms with Gasteiger partial charge in [0, 0.05) is 0 Å². The predicted molar refractivity (Wildman–Crippen MR) is 62.6 cm³/mol. The molecule has 6 nitrogen and oxygen atoms in total. The summed E-state index contributed by atoms with van der Waals surface area (Å²) in [7, 11) is 0. The molecule has 0 unspecified atom stereocenters. The molecule has 0 aliphatic rings. The van der Waals surface area contributed by atoms with Gasteiger partial charge in [0.1, 0.15) is 10.7 Å². The van der Waals surface area contributed by atoms with Crippen molar-refractivity contribution < 1.29 is 14.3 Å². The minimum atomic E-state index is -0.633. The third-order valence-electron chi connectivity index (χ3n) is 1.64. The van der Waals surface area contributed by atoms with Gasteiger partial charge < -0.3 is 9.72 Å². The van der Waals surface area contributed by atoms with Gasteiger partial charge in [0.05, 0.1) is 12.4 Å². The molecule has 0 aromatic carbocycles. The Balaban J connectivity index is 2.77. The molecule has 0 bridgehead atoms. The normalized spacial score (nSPS) is 10.0. The average Bonchev–Trinajstić information content (AvgIpc) is 2.26. The molecule has 1 aromatic rings. The first-order valence-corrected chi connectivity index (χ1v) is 5.98. The van der Waals surface area contributed by atoms with Crippen molar-refractivity contribution >= 4 is 35.6 Å². The van der Waals surface area contributed by atoms with Gasteiger partial charge in [-0.15, -0.1) is 0 Å². The van der Waals surface area contributed by atoms with E-state index in [1.807, 2.05) is 0 Å². The van der Waals surface area contributed by atoms with Gasteiger partial charge in [-0.2, -0.15) is 0 Å². The quantitative estimate of drug-likeness (QED) is 0.282. The first kappa shape index (κ1) is 13.7. The number of aromatic amines is 1. The second kappa shape index (κ2) is 6.41. The number of aldehydes is 1.